The molecule has 1 atom stereocenters. The molecule has 0 bridgehead atoms. The van der Waals surface area contributed by atoms with Crippen molar-refractivity contribution in [2.45, 2.75) is 55.7 Å². The van der Waals surface area contributed by atoms with Crippen LogP contribution < -0.4 is 10.6 Å². The maximum absolute atomic E-state index is 13.3. The number of rotatable bonds is 6. The van der Waals surface area contributed by atoms with E-state index >= 15 is 0 Å². The van der Waals surface area contributed by atoms with Gasteiger partial charge in [-0.15, -0.1) is 22.7 Å². The highest BCUT2D eigenvalue weighted by molar-refractivity contribution is 7.91. The molecule has 1 aliphatic heterocycles. The molecule has 2 aromatic heterocycles. The molecule has 184 valence electrons. The average Bonchev–Trinajstić information content (AvgIpc) is 3.51. The van der Waals surface area contributed by atoms with Crippen molar-refractivity contribution in [1.82, 2.24) is 9.62 Å². The van der Waals surface area contributed by atoms with E-state index in [1.807, 2.05) is 0 Å². The van der Waals surface area contributed by atoms with E-state index in [1.165, 1.54) is 27.8 Å². The molecule has 3 amide bonds. The summed E-state index contributed by atoms with van der Waals surface area (Å²) < 4.78 is 32.7. The number of alkyl carbamates (subject to hydrolysis) is 1. The van der Waals surface area contributed by atoms with Crippen LogP contribution in [0.5, 0.6) is 0 Å². The number of nitrogens with one attached hydrogen (secondary N) is 2. The summed E-state index contributed by atoms with van der Waals surface area (Å²) in [6, 6.07) is 2.03. The number of imide groups is 1. The van der Waals surface area contributed by atoms with Gasteiger partial charge in [-0.2, -0.15) is 4.31 Å². The summed E-state index contributed by atoms with van der Waals surface area (Å²) in [6.07, 6.45) is 3.35. The minimum Gasteiger partial charge on any atom is -0.450 e. The summed E-state index contributed by atoms with van der Waals surface area (Å²) in [5.41, 5.74) is 1.07. The van der Waals surface area contributed by atoms with Crippen molar-refractivity contribution in [2.75, 3.05) is 18.5 Å². The molecule has 2 aromatic rings. The lowest BCUT2D eigenvalue weighted by atomic mass is 9.95. The molecule has 13 heteroatoms. The smallest absolute Gasteiger partial charge is 0.414 e. The molecular weight excluding hydrogens is 522 g/mol. The first kappa shape index (κ1) is 25.1. The van der Waals surface area contributed by atoms with Crippen LogP contribution in [0.4, 0.5) is 9.80 Å². The number of ether oxygens (including phenoxy) is 1. The molecular formula is C21H24ClN3O6S3. The molecule has 2 aliphatic rings. The van der Waals surface area contributed by atoms with Crippen LogP contribution in [-0.4, -0.2) is 49.8 Å². The second kappa shape index (κ2) is 10.3. The number of nitrogens with zero attached hydrogens (tertiary/aromatic N) is 1. The van der Waals surface area contributed by atoms with E-state index in [9.17, 15) is 22.8 Å². The molecule has 1 unspecified atom stereocenters. The van der Waals surface area contributed by atoms with E-state index in [2.05, 4.69) is 10.6 Å². The molecule has 3 heterocycles. The lowest BCUT2D eigenvalue weighted by Gasteiger charge is -2.22. The van der Waals surface area contributed by atoms with Gasteiger partial charge < -0.3 is 10.1 Å². The van der Waals surface area contributed by atoms with Gasteiger partial charge in [0.05, 0.1) is 16.5 Å². The Morgan fingerprint density at radius 3 is 2.65 bits per heavy atom. The highest BCUT2D eigenvalue weighted by Crippen LogP contribution is 2.39. The summed E-state index contributed by atoms with van der Waals surface area (Å²) in [5, 5.41) is 5.33. The van der Waals surface area contributed by atoms with Gasteiger partial charge in [-0.05, 0) is 63.1 Å². The number of amides is 3. The number of carbonyl (C=O) groups is 3. The summed E-state index contributed by atoms with van der Waals surface area (Å²) in [4.78, 5) is 39.0. The minimum absolute atomic E-state index is 0.0818. The van der Waals surface area contributed by atoms with Gasteiger partial charge in [-0.3, -0.25) is 14.9 Å². The number of fused-ring (bicyclic) bond motifs is 1. The van der Waals surface area contributed by atoms with Crippen LogP contribution in [0.1, 0.15) is 53.4 Å². The molecule has 0 aromatic carbocycles. The third-order valence-electron chi connectivity index (χ3n) is 5.74. The molecule has 0 radical (unpaired) electrons. The molecule has 1 fully saturated rings. The van der Waals surface area contributed by atoms with Crippen LogP contribution in [-0.2, 0) is 32.4 Å². The standard InChI is InChI=1S/C21H24ClN3O6S3/c1-2-31-21(28)24-19(27)17-12-6-3-4-8-14(12)32-20(17)23-18(26)13-7-5-11-25(13)34(29,30)16-10-9-15(22)33-16/h9-10,13H,2-8,11H2,1H3,(H,23,26)(H,24,27,28). The van der Waals surface area contributed by atoms with Crippen molar-refractivity contribution in [2.24, 2.45) is 0 Å². The molecule has 2 N–H and O–H groups in total. The zero-order chi connectivity index (χ0) is 24.5. The number of hydrogen-bond donors (Lipinski definition) is 2. The van der Waals surface area contributed by atoms with Gasteiger partial charge in [0.2, 0.25) is 5.91 Å². The van der Waals surface area contributed by atoms with Gasteiger partial charge in [0.1, 0.15) is 15.3 Å². The Morgan fingerprint density at radius 1 is 1.18 bits per heavy atom. The lowest BCUT2D eigenvalue weighted by molar-refractivity contribution is -0.119. The number of carbonyl (C=O) groups excluding carboxylic acids is 3. The molecule has 34 heavy (non-hydrogen) atoms. The predicted molar refractivity (Wildman–Crippen MR) is 130 cm³/mol. The van der Waals surface area contributed by atoms with Crippen LogP contribution in [0.2, 0.25) is 4.34 Å². The second-order valence-electron chi connectivity index (χ2n) is 7.91. The van der Waals surface area contributed by atoms with Crippen molar-refractivity contribution in [3.05, 3.63) is 32.5 Å². The van der Waals surface area contributed by atoms with Crippen LogP contribution in [0.15, 0.2) is 16.3 Å². The maximum atomic E-state index is 13.3. The van der Waals surface area contributed by atoms with Crippen molar-refractivity contribution in [3.63, 3.8) is 0 Å². The zero-order valence-corrected chi connectivity index (χ0v) is 21.6. The maximum Gasteiger partial charge on any atom is 0.414 e. The van der Waals surface area contributed by atoms with Gasteiger partial charge in [-0.25, -0.2) is 13.2 Å². The fourth-order valence-electron chi connectivity index (χ4n) is 4.25. The van der Waals surface area contributed by atoms with Gasteiger partial charge in [0.15, 0.2) is 0 Å². The summed E-state index contributed by atoms with van der Waals surface area (Å²) in [5.74, 6) is -1.15. The third kappa shape index (κ3) is 5.01. The fraction of sp³-hybridized carbons (Fsp3) is 0.476. The Bertz CT molecular complexity index is 1220. The van der Waals surface area contributed by atoms with E-state index in [0.29, 0.717) is 28.6 Å². The van der Waals surface area contributed by atoms with Crippen molar-refractivity contribution < 1.29 is 27.5 Å². The first-order valence-electron chi connectivity index (χ1n) is 10.9. The van der Waals surface area contributed by atoms with E-state index in [0.717, 1.165) is 41.0 Å². The van der Waals surface area contributed by atoms with Crippen molar-refractivity contribution in [1.29, 1.82) is 0 Å². The number of halogens is 1. The second-order valence-corrected chi connectivity index (χ2v) is 12.8. The van der Waals surface area contributed by atoms with Gasteiger partial charge in [-0.1, -0.05) is 11.6 Å². The van der Waals surface area contributed by atoms with Crippen LogP contribution in [0, 0.1) is 0 Å². The first-order chi connectivity index (χ1) is 16.2. The van der Waals surface area contributed by atoms with Gasteiger partial charge in [0.25, 0.3) is 15.9 Å². The highest BCUT2D eigenvalue weighted by atomic mass is 35.5. The summed E-state index contributed by atoms with van der Waals surface area (Å²) >= 11 is 8.16. The van der Waals surface area contributed by atoms with Crippen molar-refractivity contribution in [3.8, 4) is 0 Å². The van der Waals surface area contributed by atoms with Crippen LogP contribution >= 0.6 is 34.3 Å². The Kier molecular flexibility index (Phi) is 7.63. The quantitative estimate of drug-likeness (QED) is 0.565. The van der Waals surface area contributed by atoms with Crippen LogP contribution in [0.25, 0.3) is 0 Å². The van der Waals surface area contributed by atoms with Crippen LogP contribution in [0.3, 0.4) is 0 Å². The van der Waals surface area contributed by atoms with Crippen molar-refractivity contribution >= 4 is 67.2 Å². The topological polar surface area (TPSA) is 122 Å². The highest BCUT2D eigenvalue weighted by Gasteiger charge is 2.41. The monoisotopic (exact) mass is 545 g/mol. The Balaban J connectivity index is 1.59. The van der Waals surface area contributed by atoms with E-state index in [4.69, 9.17) is 16.3 Å². The average molecular weight is 546 g/mol. The number of hydrogen-bond acceptors (Lipinski definition) is 8. The number of sulfonamides is 1. The predicted octanol–water partition coefficient (Wildman–Crippen LogP) is 4.02. The van der Waals surface area contributed by atoms with Gasteiger partial charge >= 0.3 is 6.09 Å². The third-order valence-corrected chi connectivity index (χ3v) is 10.6. The molecule has 1 aliphatic carbocycles. The van der Waals surface area contributed by atoms with E-state index in [1.54, 1.807) is 6.92 Å². The number of thiophene rings is 2. The summed E-state index contributed by atoms with van der Waals surface area (Å²) in [6.45, 7) is 1.96. The molecule has 1 saturated heterocycles. The fourth-order valence-corrected chi connectivity index (χ4v) is 8.81. The number of anilines is 1. The Morgan fingerprint density at radius 2 is 1.94 bits per heavy atom. The van der Waals surface area contributed by atoms with E-state index < -0.39 is 34.0 Å². The largest absolute Gasteiger partial charge is 0.450 e. The summed E-state index contributed by atoms with van der Waals surface area (Å²) in [7, 11) is -3.89. The Hall–Kier alpha value is -1.99. The van der Waals surface area contributed by atoms with Gasteiger partial charge in [0, 0.05) is 11.4 Å². The molecule has 4 rings (SSSR count). The molecule has 9 nitrogen and oxygen atoms in total. The normalized spacial score (nSPS) is 18.4. The Labute approximate surface area is 210 Å². The first-order valence-corrected chi connectivity index (χ1v) is 14.4. The lowest BCUT2D eigenvalue weighted by Crippen LogP contribution is -2.43. The van der Waals surface area contributed by atoms with E-state index in [-0.39, 0.29) is 22.9 Å². The minimum atomic E-state index is -3.89. The zero-order valence-electron chi connectivity index (χ0n) is 18.4. The SMILES string of the molecule is CCOC(=O)NC(=O)c1c(NC(=O)C2CCCN2S(=O)(=O)c2ccc(Cl)s2)sc2c1CCCC2. The number of aryl methyl sites for hydroxylation is 1. The molecule has 0 saturated carbocycles. The molecule has 0 spiro atoms.